The quantitative estimate of drug-likeness (QED) is 0.361. The third-order valence-corrected chi connectivity index (χ3v) is 10.6. The molecule has 1 aromatic carbocycles. The van der Waals surface area contributed by atoms with Crippen molar-refractivity contribution in [3.63, 3.8) is 0 Å². The maximum atomic E-state index is 13.6. The second-order valence-corrected chi connectivity index (χ2v) is 13.5. The molecule has 4 heterocycles. The maximum absolute atomic E-state index is 13.6. The highest BCUT2D eigenvalue weighted by Crippen LogP contribution is 2.34. The number of hydrogen-bond donors (Lipinski definition) is 2. The minimum atomic E-state index is -0.718. The van der Waals surface area contributed by atoms with Crippen molar-refractivity contribution in [2.24, 2.45) is 24.8 Å². The number of aryl methyl sites for hydroxylation is 1. The standard InChI is InChI=1S/C33H44N6O7/c1-19-18-37(15-14-23-9-11-26(32(44)46-3)38(23)30(19)42)31(43)21-6-4-20(5-7-21)17-34-22-8-10-24-27(16-22)36(2)33(45)39(24)25-12-13-28(40)35-29(25)41/h8,10,16,19-21,23,25-26,34H,4-7,9,11-15,17-18H2,1-3H3,(H,35,40,41)/t19-,20-,21-,23+,25?,26-/m0/s1. The van der Waals surface area contributed by atoms with E-state index in [9.17, 15) is 28.8 Å². The van der Waals surface area contributed by atoms with Gasteiger partial charge >= 0.3 is 11.7 Å². The molecular weight excluding hydrogens is 592 g/mol. The van der Waals surface area contributed by atoms with Crippen molar-refractivity contribution in [3.05, 3.63) is 28.7 Å². The highest BCUT2D eigenvalue weighted by atomic mass is 16.5. The summed E-state index contributed by atoms with van der Waals surface area (Å²) in [6, 6.07) is 4.37. The number of aromatic nitrogens is 2. The van der Waals surface area contributed by atoms with E-state index in [2.05, 4.69) is 10.6 Å². The van der Waals surface area contributed by atoms with Gasteiger partial charge in [0.1, 0.15) is 12.1 Å². The molecule has 1 aliphatic carbocycles. The predicted octanol–water partition coefficient (Wildman–Crippen LogP) is 1.94. The molecule has 46 heavy (non-hydrogen) atoms. The van der Waals surface area contributed by atoms with Crippen LogP contribution in [0, 0.1) is 17.8 Å². The van der Waals surface area contributed by atoms with Crippen molar-refractivity contribution in [2.75, 3.05) is 32.1 Å². The lowest BCUT2D eigenvalue weighted by atomic mass is 9.81. The Bertz CT molecular complexity index is 1610. The van der Waals surface area contributed by atoms with Crippen molar-refractivity contribution >= 4 is 46.3 Å². The normalized spacial score (nSPS) is 28.8. The fourth-order valence-corrected chi connectivity index (χ4v) is 7.96. The number of fused-ring (bicyclic) bond motifs is 2. The monoisotopic (exact) mass is 636 g/mol. The number of amides is 4. The Morgan fingerprint density at radius 2 is 1.74 bits per heavy atom. The Kier molecular flexibility index (Phi) is 8.93. The van der Waals surface area contributed by atoms with Crippen LogP contribution in [0.15, 0.2) is 23.0 Å². The van der Waals surface area contributed by atoms with Gasteiger partial charge in [0.05, 0.1) is 24.1 Å². The van der Waals surface area contributed by atoms with E-state index in [-0.39, 0.29) is 53.7 Å². The van der Waals surface area contributed by atoms with Gasteiger partial charge in [-0.3, -0.25) is 33.6 Å². The number of carbonyl (C=O) groups is 5. The molecule has 0 bridgehead atoms. The van der Waals surface area contributed by atoms with Gasteiger partial charge in [-0.2, -0.15) is 0 Å². The Morgan fingerprint density at radius 1 is 0.978 bits per heavy atom. The summed E-state index contributed by atoms with van der Waals surface area (Å²) in [6.45, 7) is 3.54. The van der Waals surface area contributed by atoms with Crippen LogP contribution in [0.2, 0.25) is 0 Å². The van der Waals surface area contributed by atoms with Crippen LogP contribution in [0.5, 0.6) is 0 Å². The minimum Gasteiger partial charge on any atom is -0.467 e. The molecule has 3 saturated heterocycles. The molecule has 4 fully saturated rings. The second kappa shape index (κ2) is 12.9. The maximum Gasteiger partial charge on any atom is 0.329 e. The van der Waals surface area contributed by atoms with E-state index >= 15 is 0 Å². The van der Waals surface area contributed by atoms with Crippen LogP contribution in [-0.2, 0) is 35.8 Å². The first kappa shape index (κ1) is 31.8. The average Bonchev–Trinajstić information content (AvgIpc) is 3.58. The van der Waals surface area contributed by atoms with Crippen LogP contribution < -0.4 is 16.3 Å². The molecule has 248 valence electrons. The van der Waals surface area contributed by atoms with Crippen LogP contribution in [0.3, 0.4) is 0 Å². The van der Waals surface area contributed by atoms with Crippen LogP contribution >= 0.6 is 0 Å². The number of anilines is 1. The fraction of sp³-hybridized carbons (Fsp3) is 0.636. The third kappa shape index (κ3) is 5.91. The summed E-state index contributed by atoms with van der Waals surface area (Å²) in [5.74, 6) is -1.12. The van der Waals surface area contributed by atoms with Gasteiger partial charge in [-0.1, -0.05) is 6.92 Å². The molecule has 1 unspecified atom stereocenters. The van der Waals surface area contributed by atoms with Crippen molar-refractivity contribution in [1.29, 1.82) is 0 Å². The van der Waals surface area contributed by atoms with E-state index in [1.165, 1.54) is 16.2 Å². The number of imidazole rings is 1. The topological polar surface area (TPSA) is 152 Å². The first-order valence-corrected chi connectivity index (χ1v) is 16.5. The first-order chi connectivity index (χ1) is 22.1. The summed E-state index contributed by atoms with van der Waals surface area (Å²) in [5, 5.41) is 5.84. The highest BCUT2D eigenvalue weighted by molar-refractivity contribution is 6.00. The van der Waals surface area contributed by atoms with Gasteiger partial charge < -0.3 is 19.9 Å². The van der Waals surface area contributed by atoms with Gasteiger partial charge in [-0.05, 0) is 75.5 Å². The van der Waals surface area contributed by atoms with Gasteiger partial charge in [-0.25, -0.2) is 9.59 Å². The highest BCUT2D eigenvalue weighted by Gasteiger charge is 2.45. The fourth-order valence-electron chi connectivity index (χ4n) is 7.96. The predicted molar refractivity (Wildman–Crippen MR) is 169 cm³/mol. The molecule has 13 heteroatoms. The summed E-state index contributed by atoms with van der Waals surface area (Å²) in [6.07, 6.45) is 5.92. The molecule has 2 N–H and O–H groups in total. The number of rotatable bonds is 6. The van der Waals surface area contributed by atoms with E-state index < -0.39 is 18.0 Å². The lowest BCUT2D eigenvalue weighted by Gasteiger charge is -2.39. The third-order valence-electron chi connectivity index (χ3n) is 10.6. The summed E-state index contributed by atoms with van der Waals surface area (Å²) in [4.78, 5) is 80.0. The van der Waals surface area contributed by atoms with Gasteiger partial charge in [-0.15, -0.1) is 0 Å². The number of hydrogen-bond acceptors (Lipinski definition) is 8. The van der Waals surface area contributed by atoms with E-state index in [0.717, 1.165) is 44.3 Å². The number of esters is 1. The largest absolute Gasteiger partial charge is 0.467 e. The number of piperidine rings is 1. The van der Waals surface area contributed by atoms with Crippen molar-refractivity contribution in [1.82, 2.24) is 24.3 Å². The summed E-state index contributed by atoms with van der Waals surface area (Å²) >= 11 is 0. The zero-order valence-corrected chi connectivity index (χ0v) is 26.8. The molecule has 4 amide bonds. The summed E-state index contributed by atoms with van der Waals surface area (Å²) in [5.41, 5.74) is 1.93. The molecule has 1 aromatic heterocycles. The SMILES string of the molecule is COC(=O)[C@@H]1CC[C@@H]2CCN(C(=O)[C@H]3CC[C@H](CNc4ccc5c(c4)n(C)c(=O)n5C4CCC(=O)NC4=O)CC3)C[C@H](C)C(=O)N21. The number of nitrogens with zero attached hydrogens (tertiary/aromatic N) is 4. The van der Waals surface area contributed by atoms with E-state index in [1.807, 2.05) is 30.0 Å². The smallest absolute Gasteiger partial charge is 0.329 e. The van der Waals surface area contributed by atoms with Gasteiger partial charge in [0.15, 0.2) is 0 Å². The van der Waals surface area contributed by atoms with Crippen molar-refractivity contribution in [2.45, 2.75) is 82.8 Å². The van der Waals surface area contributed by atoms with Crippen LogP contribution in [0.25, 0.3) is 11.0 Å². The molecular formula is C33H44N6O7. The Balaban J connectivity index is 1.03. The number of imide groups is 1. The molecule has 1 saturated carbocycles. The number of benzene rings is 1. The number of carbonyl (C=O) groups excluding carboxylic acids is 5. The number of nitrogens with one attached hydrogen (secondary N) is 2. The Morgan fingerprint density at radius 3 is 2.46 bits per heavy atom. The molecule has 2 aromatic rings. The van der Waals surface area contributed by atoms with E-state index in [0.29, 0.717) is 49.3 Å². The molecule has 0 spiro atoms. The summed E-state index contributed by atoms with van der Waals surface area (Å²) in [7, 11) is 3.04. The van der Waals surface area contributed by atoms with Crippen molar-refractivity contribution in [3.8, 4) is 0 Å². The molecule has 4 aliphatic rings. The van der Waals surface area contributed by atoms with Crippen LogP contribution in [0.1, 0.15) is 70.8 Å². The molecule has 3 aliphatic heterocycles. The molecule has 6 rings (SSSR count). The molecule has 13 nitrogen and oxygen atoms in total. The average molecular weight is 637 g/mol. The lowest BCUT2D eigenvalue weighted by Crippen LogP contribution is -2.53. The Hall–Kier alpha value is -4.16. The number of ether oxygens (including phenoxy) is 1. The zero-order chi connectivity index (χ0) is 32.7. The van der Waals surface area contributed by atoms with Crippen LogP contribution in [-0.4, -0.2) is 87.4 Å². The minimum absolute atomic E-state index is 0.0471. The lowest BCUT2D eigenvalue weighted by molar-refractivity contribution is -0.155. The zero-order valence-electron chi connectivity index (χ0n) is 26.8. The molecule has 0 radical (unpaired) electrons. The van der Waals surface area contributed by atoms with Gasteiger partial charge in [0.25, 0.3) is 0 Å². The van der Waals surface area contributed by atoms with Crippen LogP contribution in [0.4, 0.5) is 5.69 Å². The van der Waals surface area contributed by atoms with Crippen molar-refractivity contribution < 1.29 is 28.7 Å². The number of methoxy groups -OCH3 is 1. The molecule has 4 atom stereocenters. The van der Waals surface area contributed by atoms with Gasteiger partial charge in [0, 0.05) is 50.7 Å². The first-order valence-electron chi connectivity index (χ1n) is 16.5. The summed E-state index contributed by atoms with van der Waals surface area (Å²) < 4.78 is 7.95. The Labute approximate surface area is 267 Å². The second-order valence-electron chi connectivity index (χ2n) is 13.5. The van der Waals surface area contributed by atoms with Gasteiger partial charge in [0.2, 0.25) is 23.6 Å². The van der Waals surface area contributed by atoms with E-state index in [1.54, 1.807) is 11.9 Å². The van der Waals surface area contributed by atoms with E-state index in [4.69, 9.17) is 4.74 Å².